The summed E-state index contributed by atoms with van der Waals surface area (Å²) in [5, 5.41) is 13.1. The lowest BCUT2D eigenvalue weighted by atomic mass is 10.0. The van der Waals surface area contributed by atoms with E-state index in [9.17, 15) is 0 Å². The van der Waals surface area contributed by atoms with Crippen molar-refractivity contribution in [1.82, 2.24) is 10.6 Å². The Kier molecular flexibility index (Phi) is 2.82. The maximum atomic E-state index is 4.82. The zero-order chi connectivity index (χ0) is 13.5. The molecule has 100 valence electrons. The molecule has 0 spiro atoms. The van der Waals surface area contributed by atoms with Gasteiger partial charge >= 0.3 is 0 Å². The van der Waals surface area contributed by atoms with E-state index < -0.39 is 0 Å². The van der Waals surface area contributed by atoms with Crippen LogP contribution < -0.4 is 15.6 Å². The van der Waals surface area contributed by atoms with Crippen LogP contribution in [0.5, 0.6) is 0 Å². The van der Waals surface area contributed by atoms with Gasteiger partial charge in [-0.05, 0) is 20.8 Å². The monoisotopic (exact) mass is 257 g/mol. The minimum absolute atomic E-state index is 0.0254. The third-order valence-electron chi connectivity index (χ3n) is 3.23. The van der Waals surface area contributed by atoms with E-state index in [1.807, 2.05) is 6.07 Å². The summed E-state index contributed by atoms with van der Waals surface area (Å²) in [6.07, 6.45) is 0. The highest BCUT2D eigenvalue weighted by Gasteiger charge is 2.37. The van der Waals surface area contributed by atoms with Crippen LogP contribution >= 0.6 is 0 Å². The Balaban J connectivity index is 2.00. The van der Waals surface area contributed by atoms with Gasteiger partial charge in [0.15, 0.2) is 5.71 Å². The van der Waals surface area contributed by atoms with E-state index in [2.05, 4.69) is 55.7 Å². The van der Waals surface area contributed by atoms with Crippen LogP contribution in [0.1, 0.15) is 26.3 Å². The van der Waals surface area contributed by atoms with Crippen molar-refractivity contribution < 1.29 is 5.01 Å². The number of fused-ring (bicyclic) bond motifs is 1. The number of allylic oxidation sites excluding steroid dienone is 1. The molecule has 3 rings (SSSR count). The molecule has 0 bridgehead atoms. The summed E-state index contributed by atoms with van der Waals surface area (Å²) >= 11 is 0. The third kappa shape index (κ3) is 2.36. The molecule has 4 heteroatoms. The molecule has 1 aromatic carbocycles. The van der Waals surface area contributed by atoms with Crippen LogP contribution in [0.15, 0.2) is 47.0 Å². The summed E-state index contributed by atoms with van der Waals surface area (Å²) in [5.41, 5.74) is 3.40. The van der Waals surface area contributed by atoms with Gasteiger partial charge < -0.3 is 10.6 Å². The molecular weight excluding hydrogens is 236 g/mol. The SMILES string of the molecule is CC(C)(C)NC1=C2NCC[NH+]2N=C1c1ccccc1. The van der Waals surface area contributed by atoms with Crippen molar-refractivity contribution in [2.75, 3.05) is 13.1 Å². The lowest BCUT2D eigenvalue weighted by molar-refractivity contribution is -0.855. The molecule has 19 heavy (non-hydrogen) atoms. The van der Waals surface area contributed by atoms with Crippen molar-refractivity contribution in [1.29, 1.82) is 0 Å². The van der Waals surface area contributed by atoms with E-state index >= 15 is 0 Å². The van der Waals surface area contributed by atoms with Crippen molar-refractivity contribution >= 4 is 5.71 Å². The fraction of sp³-hybridized carbons (Fsp3) is 0.400. The van der Waals surface area contributed by atoms with Crippen molar-refractivity contribution in [2.24, 2.45) is 5.10 Å². The normalized spacial score (nSPS) is 22.1. The first-order valence-electron chi connectivity index (χ1n) is 6.82. The minimum atomic E-state index is 0.0254. The fourth-order valence-corrected chi connectivity index (χ4v) is 2.49. The number of hydrogen-bond donors (Lipinski definition) is 3. The predicted octanol–water partition coefficient (Wildman–Crippen LogP) is 0.450. The number of nitrogens with one attached hydrogen (secondary N) is 3. The maximum absolute atomic E-state index is 4.82. The molecule has 1 atom stereocenters. The van der Waals surface area contributed by atoms with Crippen LogP contribution in [0.3, 0.4) is 0 Å². The van der Waals surface area contributed by atoms with E-state index in [1.165, 1.54) is 16.4 Å². The van der Waals surface area contributed by atoms with Gasteiger partial charge in [-0.25, -0.2) is 0 Å². The smallest absolute Gasteiger partial charge is 0.252 e. The Bertz CT molecular complexity index is 537. The van der Waals surface area contributed by atoms with E-state index in [4.69, 9.17) is 5.10 Å². The molecule has 0 aromatic heterocycles. The molecule has 0 amide bonds. The maximum Gasteiger partial charge on any atom is 0.252 e. The van der Waals surface area contributed by atoms with Crippen LogP contribution in [-0.2, 0) is 0 Å². The van der Waals surface area contributed by atoms with E-state index in [0.29, 0.717) is 0 Å². The highest BCUT2D eigenvalue weighted by atomic mass is 15.6. The van der Waals surface area contributed by atoms with Crippen molar-refractivity contribution in [3.05, 3.63) is 47.4 Å². The number of nitrogens with zero attached hydrogens (tertiary/aromatic N) is 1. The van der Waals surface area contributed by atoms with Gasteiger partial charge in [0, 0.05) is 11.1 Å². The first-order valence-corrected chi connectivity index (χ1v) is 6.82. The molecule has 0 radical (unpaired) electrons. The Hall–Kier alpha value is -1.81. The summed E-state index contributed by atoms with van der Waals surface area (Å²) < 4.78 is 0. The molecule has 1 aromatic rings. The van der Waals surface area contributed by atoms with E-state index in [1.54, 1.807) is 0 Å². The van der Waals surface area contributed by atoms with Crippen LogP contribution in [0.25, 0.3) is 0 Å². The average molecular weight is 257 g/mol. The van der Waals surface area contributed by atoms with Crippen LogP contribution in [0, 0.1) is 0 Å². The Morgan fingerprint density at radius 1 is 1.21 bits per heavy atom. The summed E-state index contributed by atoms with van der Waals surface area (Å²) in [4.78, 5) is 0. The fourth-order valence-electron chi connectivity index (χ4n) is 2.49. The topological polar surface area (TPSA) is 40.9 Å². The number of hydrogen-bond acceptors (Lipinski definition) is 3. The molecule has 0 saturated carbocycles. The van der Waals surface area contributed by atoms with E-state index in [-0.39, 0.29) is 5.54 Å². The van der Waals surface area contributed by atoms with Gasteiger partial charge in [0.25, 0.3) is 5.82 Å². The molecule has 1 saturated heterocycles. The average Bonchev–Trinajstić information content (AvgIpc) is 2.92. The molecule has 1 fully saturated rings. The highest BCUT2D eigenvalue weighted by Crippen LogP contribution is 2.16. The molecule has 2 heterocycles. The Labute approximate surface area is 114 Å². The minimum Gasteiger partial charge on any atom is -0.372 e. The van der Waals surface area contributed by atoms with Crippen molar-refractivity contribution in [3.8, 4) is 0 Å². The van der Waals surface area contributed by atoms with Gasteiger partial charge in [0.1, 0.15) is 12.2 Å². The van der Waals surface area contributed by atoms with Crippen LogP contribution in [0.2, 0.25) is 0 Å². The third-order valence-corrected chi connectivity index (χ3v) is 3.23. The van der Waals surface area contributed by atoms with Gasteiger partial charge in [0.2, 0.25) is 0 Å². The van der Waals surface area contributed by atoms with Crippen molar-refractivity contribution in [3.63, 3.8) is 0 Å². The summed E-state index contributed by atoms with van der Waals surface area (Å²) in [6, 6.07) is 10.4. The predicted molar refractivity (Wildman–Crippen MR) is 76.7 cm³/mol. The second kappa shape index (κ2) is 4.38. The second-order valence-corrected chi connectivity index (χ2v) is 6.07. The molecule has 1 unspecified atom stereocenters. The molecule has 4 nitrogen and oxygen atoms in total. The zero-order valence-corrected chi connectivity index (χ0v) is 11.7. The molecule has 2 aliphatic heterocycles. The number of rotatable bonds is 2. The second-order valence-electron chi connectivity index (χ2n) is 6.07. The van der Waals surface area contributed by atoms with Gasteiger partial charge in [-0.15, -0.1) is 0 Å². The Morgan fingerprint density at radius 3 is 2.63 bits per heavy atom. The molecule has 3 N–H and O–H groups in total. The Morgan fingerprint density at radius 2 is 1.95 bits per heavy atom. The highest BCUT2D eigenvalue weighted by molar-refractivity contribution is 6.12. The first-order chi connectivity index (χ1) is 9.04. The first kappa shape index (κ1) is 12.2. The summed E-state index contributed by atoms with van der Waals surface area (Å²) in [6.45, 7) is 8.54. The molecular formula is C15H21N4+. The van der Waals surface area contributed by atoms with E-state index in [0.717, 1.165) is 24.5 Å². The number of quaternary nitrogens is 1. The van der Waals surface area contributed by atoms with Gasteiger partial charge in [-0.1, -0.05) is 35.4 Å². The summed E-state index contributed by atoms with van der Waals surface area (Å²) in [5.74, 6) is 1.19. The van der Waals surface area contributed by atoms with Gasteiger partial charge in [-0.3, -0.25) is 0 Å². The molecule has 2 aliphatic rings. The zero-order valence-electron chi connectivity index (χ0n) is 11.7. The summed E-state index contributed by atoms with van der Waals surface area (Å²) in [7, 11) is 0. The lowest BCUT2D eigenvalue weighted by Crippen LogP contribution is -3.03. The number of benzene rings is 1. The largest absolute Gasteiger partial charge is 0.372 e. The van der Waals surface area contributed by atoms with Crippen LogP contribution in [0.4, 0.5) is 0 Å². The quantitative estimate of drug-likeness (QED) is 0.720. The van der Waals surface area contributed by atoms with Gasteiger partial charge in [-0.2, -0.15) is 5.01 Å². The van der Waals surface area contributed by atoms with Crippen molar-refractivity contribution in [2.45, 2.75) is 26.3 Å². The van der Waals surface area contributed by atoms with Gasteiger partial charge in [0.05, 0.1) is 6.54 Å². The standard InChI is InChI=1S/C15H20N4/c1-15(2,3)17-13-12(11-7-5-4-6-8-11)18-19-10-9-16-14(13)19/h4-8,16-17H,9-10H2,1-3H3/p+1. The lowest BCUT2D eigenvalue weighted by Gasteiger charge is -2.23. The van der Waals surface area contributed by atoms with Crippen LogP contribution in [-0.4, -0.2) is 24.3 Å². The molecule has 0 aliphatic carbocycles.